The number of carbonyl (C=O) groups excluding carboxylic acids is 2. The van der Waals surface area contributed by atoms with E-state index in [9.17, 15) is 9.59 Å². The average molecular weight is 553 g/mol. The Balaban J connectivity index is 0.000000385. The van der Waals surface area contributed by atoms with Gasteiger partial charge >= 0.3 is 0 Å². The first-order chi connectivity index (χ1) is 18.2. The van der Waals surface area contributed by atoms with Gasteiger partial charge in [0, 0.05) is 38.8 Å². The summed E-state index contributed by atoms with van der Waals surface area (Å²) in [6.07, 6.45) is 14.7. The molecule has 0 spiro atoms. The number of nitrogens with one attached hydrogen (secondary N) is 3. The summed E-state index contributed by atoms with van der Waals surface area (Å²) in [4.78, 5) is 27.1. The number of allylic oxidation sites excluding steroid dienone is 4. The number of carbonyl (C=O) groups is 2. The zero-order valence-electron chi connectivity index (χ0n) is 24.2. The van der Waals surface area contributed by atoms with Crippen molar-refractivity contribution >= 4 is 23.8 Å². The zero-order valence-corrected chi connectivity index (χ0v) is 25.0. The summed E-state index contributed by atoms with van der Waals surface area (Å²) >= 11 is 1.50. The first-order valence-corrected chi connectivity index (χ1v) is 14.0. The molecule has 2 amide bonds. The number of methoxy groups -OCH3 is 1. The van der Waals surface area contributed by atoms with Crippen LogP contribution >= 0.6 is 11.9 Å². The molecule has 0 bridgehead atoms. The largest absolute Gasteiger partial charge is 0.400 e. The fourth-order valence-electron chi connectivity index (χ4n) is 4.15. The van der Waals surface area contributed by atoms with E-state index in [4.69, 9.17) is 9.84 Å². The Morgan fingerprint density at radius 1 is 1.24 bits per heavy atom. The van der Waals surface area contributed by atoms with Gasteiger partial charge in [0.15, 0.2) is 0 Å². The molecule has 0 aromatic carbocycles. The van der Waals surface area contributed by atoms with Crippen LogP contribution in [-0.4, -0.2) is 91.8 Å². The van der Waals surface area contributed by atoms with Gasteiger partial charge in [0.1, 0.15) is 17.5 Å². The van der Waals surface area contributed by atoms with Crippen LogP contribution in [0.1, 0.15) is 53.4 Å². The Morgan fingerprint density at radius 2 is 1.95 bits per heavy atom. The number of aliphatic hydroxyl groups is 1. The van der Waals surface area contributed by atoms with E-state index in [1.165, 1.54) is 17.5 Å². The van der Waals surface area contributed by atoms with E-state index in [2.05, 4.69) is 62.9 Å². The Hall–Kier alpha value is -2.05. The summed E-state index contributed by atoms with van der Waals surface area (Å²) in [5.74, 6) is -0.258. The average Bonchev–Trinajstić information content (AvgIpc) is 3.26. The number of piperidine rings is 1. The van der Waals surface area contributed by atoms with Crippen LogP contribution in [0.3, 0.4) is 0 Å². The molecule has 11 heteroatoms. The van der Waals surface area contributed by atoms with E-state index < -0.39 is 11.6 Å². The Bertz CT molecular complexity index is 861. The number of ether oxygens (including phenoxy) is 1. The number of rotatable bonds is 8. The first kappa shape index (κ1) is 34.0. The first-order valence-electron chi connectivity index (χ1n) is 13.2. The molecular weight excluding hydrogens is 504 g/mol. The van der Waals surface area contributed by atoms with E-state index in [1.807, 2.05) is 25.8 Å². The van der Waals surface area contributed by atoms with Crippen LogP contribution in [0, 0.1) is 0 Å². The normalized spacial score (nSPS) is 24.2. The highest BCUT2D eigenvalue weighted by atomic mass is 32.2. The maximum absolute atomic E-state index is 13.0. The van der Waals surface area contributed by atoms with Crippen LogP contribution in [0.5, 0.6) is 0 Å². The second-order valence-corrected chi connectivity index (χ2v) is 10.7. The smallest absolute Gasteiger partial charge is 0.248 e. The predicted octanol–water partition coefficient (Wildman–Crippen LogP) is 2.97. The van der Waals surface area contributed by atoms with Crippen LogP contribution < -0.4 is 16.0 Å². The third-order valence-corrected chi connectivity index (χ3v) is 7.85. The van der Waals surface area contributed by atoms with E-state index in [1.54, 1.807) is 21.1 Å². The van der Waals surface area contributed by atoms with Gasteiger partial charge in [-0.15, -0.1) is 4.52 Å². The number of likely N-dealkylation sites (tertiary alicyclic amines) is 1. The number of hydrogen-bond acceptors (Lipinski definition) is 9. The maximum atomic E-state index is 13.0. The fourth-order valence-corrected chi connectivity index (χ4v) is 4.84. The van der Waals surface area contributed by atoms with Gasteiger partial charge in [-0.05, 0) is 73.0 Å². The molecule has 5 atom stereocenters. The number of nitrogens with zero attached hydrogens (tertiary/aromatic N) is 3. The molecule has 0 aromatic heterocycles. The molecule has 0 aromatic rings. The summed E-state index contributed by atoms with van der Waals surface area (Å²) < 4.78 is 9.49. The minimum Gasteiger partial charge on any atom is -0.400 e. The van der Waals surface area contributed by atoms with Crippen LogP contribution in [0.15, 0.2) is 45.6 Å². The second-order valence-electron chi connectivity index (χ2n) is 9.82. The molecule has 2 heterocycles. The monoisotopic (exact) mass is 552 g/mol. The van der Waals surface area contributed by atoms with Crippen molar-refractivity contribution in [1.82, 2.24) is 20.9 Å². The summed E-state index contributed by atoms with van der Waals surface area (Å²) in [6, 6.07) is -0.681. The van der Waals surface area contributed by atoms with E-state index in [0.717, 1.165) is 39.3 Å². The highest BCUT2D eigenvalue weighted by Gasteiger charge is 2.41. The molecule has 38 heavy (non-hydrogen) atoms. The number of likely N-dealkylation sites (N-methyl/N-ethyl adjacent to an activating group) is 2. The topological polar surface area (TPSA) is 128 Å². The van der Waals surface area contributed by atoms with Crippen LogP contribution in [0.25, 0.3) is 0 Å². The minimum absolute atomic E-state index is 0.0595. The predicted molar refractivity (Wildman–Crippen MR) is 155 cm³/mol. The lowest BCUT2D eigenvalue weighted by molar-refractivity contribution is -0.147. The molecule has 4 N–H and O–H groups in total. The highest BCUT2D eigenvalue weighted by Crippen LogP contribution is 2.30. The van der Waals surface area contributed by atoms with Gasteiger partial charge in [-0.2, -0.15) is 5.11 Å². The standard InChI is InChI=1S/C16H31N3O3.C10H13N3S.CH4O/c1-11-9-7-8-10-19(11)15(21)13(16(3,4)22-6)18-14(20)12(2)17-5;1-11-10-9(12-13-14-10)8-6-4-2-3-5-7-8;1-2/h11-13,17H,7-10H2,1-6H3,(H,18,20);2-4,6-7,9-11H,5H2,1H3;2H,1H3/t11?,12-,13?;;/m0../s1. The van der Waals surface area contributed by atoms with Gasteiger partial charge < -0.3 is 30.7 Å². The minimum atomic E-state index is -0.766. The molecule has 0 saturated carbocycles. The Kier molecular flexibility index (Phi) is 15.7. The fraction of sp³-hybridized carbons (Fsp3) is 0.704. The van der Waals surface area contributed by atoms with E-state index >= 15 is 0 Å². The lowest BCUT2D eigenvalue weighted by atomic mass is 9.94. The molecule has 1 fully saturated rings. The molecule has 1 saturated heterocycles. The summed E-state index contributed by atoms with van der Waals surface area (Å²) in [7, 11) is 6.23. The van der Waals surface area contributed by atoms with Crippen molar-refractivity contribution in [3.63, 3.8) is 0 Å². The molecular formula is C27H48N6O4S. The molecule has 1 aliphatic carbocycles. The van der Waals surface area contributed by atoms with Crippen molar-refractivity contribution in [2.75, 3.05) is 34.9 Å². The number of amides is 2. The quantitative estimate of drug-likeness (QED) is 0.341. The molecule has 0 radical (unpaired) electrons. The second kappa shape index (κ2) is 17.5. The molecule has 4 unspecified atom stereocenters. The van der Waals surface area contributed by atoms with Gasteiger partial charge in [-0.1, -0.05) is 30.4 Å². The molecule has 10 nitrogen and oxygen atoms in total. The van der Waals surface area contributed by atoms with Crippen molar-refractivity contribution < 1.29 is 19.4 Å². The third-order valence-electron chi connectivity index (χ3n) is 6.94. The van der Waals surface area contributed by atoms with Crippen LogP contribution in [0.4, 0.5) is 0 Å². The van der Waals surface area contributed by atoms with Crippen molar-refractivity contribution in [3.8, 4) is 0 Å². The molecule has 2 aliphatic heterocycles. The lowest BCUT2D eigenvalue weighted by Crippen LogP contribution is -2.62. The summed E-state index contributed by atoms with van der Waals surface area (Å²) in [6.45, 7) is 8.23. The van der Waals surface area contributed by atoms with Crippen LogP contribution in [0.2, 0.25) is 0 Å². The highest BCUT2D eigenvalue weighted by molar-refractivity contribution is 7.98. The van der Waals surface area contributed by atoms with Crippen LogP contribution in [-0.2, 0) is 14.3 Å². The van der Waals surface area contributed by atoms with E-state index in [-0.39, 0.29) is 35.3 Å². The number of hydrogen-bond donors (Lipinski definition) is 4. The van der Waals surface area contributed by atoms with Crippen molar-refractivity contribution in [2.24, 2.45) is 9.63 Å². The number of aliphatic hydroxyl groups excluding tert-OH is 1. The molecule has 216 valence electrons. The van der Waals surface area contributed by atoms with Crippen molar-refractivity contribution in [1.29, 1.82) is 0 Å². The van der Waals surface area contributed by atoms with Gasteiger partial charge in [-0.3, -0.25) is 9.59 Å². The van der Waals surface area contributed by atoms with Gasteiger partial charge in [0.25, 0.3) is 0 Å². The summed E-state index contributed by atoms with van der Waals surface area (Å²) in [5, 5.41) is 20.5. The van der Waals surface area contributed by atoms with E-state index in [0.29, 0.717) is 0 Å². The van der Waals surface area contributed by atoms with Crippen molar-refractivity contribution in [3.05, 3.63) is 36.0 Å². The van der Waals surface area contributed by atoms with Gasteiger partial charge in [0.2, 0.25) is 11.8 Å². The van der Waals surface area contributed by atoms with Gasteiger partial charge in [-0.25, -0.2) is 0 Å². The van der Waals surface area contributed by atoms with Gasteiger partial charge in [0.05, 0.1) is 11.6 Å². The lowest BCUT2D eigenvalue weighted by Gasteiger charge is -2.40. The molecule has 3 aliphatic rings. The Labute approximate surface area is 232 Å². The Morgan fingerprint density at radius 3 is 2.55 bits per heavy atom. The van der Waals surface area contributed by atoms with Crippen molar-refractivity contribution in [2.45, 2.75) is 88.5 Å². The molecule has 3 rings (SSSR count). The summed E-state index contributed by atoms with van der Waals surface area (Å²) in [5.41, 5.74) is 0.486. The zero-order chi connectivity index (χ0) is 28.7. The maximum Gasteiger partial charge on any atom is 0.248 e. The SMILES string of the molecule is CNC1SN=NC1C1=CCC=CC=C1.CN[C@@H](C)C(=O)NC(C(=O)N1CCCCC1C)C(C)(C)OC.CO. The third kappa shape index (κ3) is 9.92.